The maximum absolute atomic E-state index is 12.7. The molecule has 4 rings (SSSR count). The number of amides is 1. The van der Waals surface area contributed by atoms with E-state index >= 15 is 0 Å². The fourth-order valence-corrected chi connectivity index (χ4v) is 4.70. The minimum absolute atomic E-state index is 0.0166. The van der Waals surface area contributed by atoms with Crippen molar-refractivity contribution in [2.45, 2.75) is 17.9 Å². The SMILES string of the molecule is O=C(c1ccccc1)N1CCc2ccc(NS(=O)(=O)c3ccc(Br)cc3)cc2C1. The van der Waals surface area contributed by atoms with Gasteiger partial charge in [-0.15, -0.1) is 0 Å². The summed E-state index contributed by atoms with van der Waals surface area (Å²) in [5.74, 6) is -0.0166. The lowest BCUT2D eigenvalue weighted by atomic mass is 9.98. The Hall–Kier alpha value is -2.64. The third kappa shape index (κ3) is 4.36. The molecular formula is C22H19BrN2O3S. The van der Waals surface area contributed by atoms with Crippen LogP contribution in [0.1, 0.15) is 21.5 Å². The molecule has 0 fully saturated rings. The molecule has 0 spiro atoms. The van der Waals surface area contributed by atoms with E-state index in [4.69, 9.17) is 0 Å². The number of sulfonamides is 1. The van der Waals surface area contributed by atoms with Gasteiger partial charge in [0.1, 0.15) is 0 Å². The summed E-state index contributed by atoms with van der Waals surface area (Å²) in [7, 11) is -3.68. The van der Waals surface area contributed by atoms with Gasteiger partial charge < -0.3 is 4.90 Å². The minimum Gasteiger partial charge on any atom is -0.334 e. The van der Waals surface area contributed by atoms with E-state index in [1.807, 2.05) is 30.3 Å². The van der Waals surface area contributed by atoms with Crippen LogP contribution in [0.15, 0.2) is 82.2 Å². The summed E-state index contributed by atoms with van der Waals surface area (Å²) in [6, 6.07) is 21.2. The highest BCUT2D eigenvalue weighted by Gasteiger charge is 2.22. The molecule has 0 aromatic heterocycles. The number of rotatable bonds is 4. The van der Waals surface area contributed by atoms with Gasteiger partial charge in [-0.05, 0) is 66.1 Å². The van der Waals surface area contributed by atoms with E-state index in [9.17, 15) is 13.2 Å². The molecule has 1 heterocycles. The Morgan fingerprint density at radius 2 is 1.66 bits per heavy atom. The van der Waals surface area contributed by atoms with Crippen LogP contribution in [0.4, 0.5) is 5.69 Å². The molecule has 1 aliphatic heterocycles. The highest BCUT2D eigenvalue weighted by Crippen LogP contribution is 2.26. The van der Waals surface area contributed by atoms with E-state index in [0.29, 0.717) is 24.3 Å². The highest BCUT2D eigenvalue weighted by molar-refractivity contribution is 9.10. The third-order valence-electron chi connectivity index (χ3n) is 4.90. The van der Waals surface area contributed by atoms with Crippen molar-refractivity contribution >= 4 is 37.5 Å². The lowest BCUT2D eigenvalue weighted by Gasteiger charge is -2.29. The Morgan fingerprint density at radius 1 is 0.931 bits per heavy atom. The normalized spacial score (nSPS) is 13.6. The summed E-state index contributed by atoms with van der Waals surface area (Å²) in [5.41, 5.74) is 3.23. The van der Waals surface area contributed by atoms with Gasteiger partial charge in [0.15, 0.2) is 0 Å². The zero-order valence-electron chi connectivity index (χ0n) is 15.5. The fraction of sp³-hybridized carbons (Fsp3) is 0.136. The molecule has 0 bridgehead atoms. The van der Waals surface area contributed by atoms with Gasteiger partial charge in [-0.3, -0.25) is 9.52 Å². The number of anilines is 1. The quantitative estimate of drug-likeness (QED) is 0.612. The summed E-state index contributed by atoms with van der Waals surface area (Å²) in [6.07, 6.45) is 0.744. The Labute approximate surface area is 178 Å². The predicted molar refractivity (Wildman–Crippen MR) is 116 cm³/mol. The van der Waals surface area contributed by atoms with Crippen molar-refractivity contribution in [2.75, 3.05) is 11.3 Å². The number of nitrogens with zero attached hydrogens (tertiary/aromatic N) is 1. The molecule has 0 unspecified atom stereocenters. The first-order valence-corrected chi connectivity index (χ1v) is 11.4. The lowest BCUT2D eigenvalue weighted by molar-refractivity contribution is 0.0734. The van der Waals surface area contributed by atoms with Crippen molar-refractivity contribution in [3.63, 3.8) is 0 Å². The molecule has 148 valence electrons. The summed E-state index contributed by atoms with van der Waals surface area (Å²) in [4.78, 5) is 14.7. The number of carbonyl (C=O) groups excluding carboxylic acids is 1. The molecule has 29 heavy (non-hydrogen) atoms. The molecule has 1 aliphatic rings. The van der Waals surface area contributed by atoms with Gasteiger partial charge in [0.05, 0.1) is 4.90 Å². The molecule has 5 nitrogen and oxygen atoms in total. The molecule has 0 saturated heterocycles. The van der Waals surface area contributed by atoms with E-state index < -0.39 is 10.0 Å². The van der Waals surface area contributed by atoms with Crippen LogP contribution in [0.5, 0.6) is 0 Å². The molecule has 7 heteroatoms. The summed E-state index contributed by atoms with van der Waals surface area (Å²) >= 11 is 3.31. The number of benzene rings is 3. The maximum atomic E-state index is 12.7. The molecule has 0 saturated carbocycles. The Bertz CT molecular complexity index is 1150. The maximum Gasteiger partial charge on any atom is 0.261 e. The molecule has 3 aromatic rings. The second kappa shape index (κ2) is 8.00. The molecule has 0 aliphatic carbocycles. The van der Waals surface area contributed by atoms with Crippen LogP contribution >= 0.6 is 15.9 Å². The van der Waals surface area contributed by atoms with E-state index in [1.165, 1.54) is 0 Å². The standard InChI is InChI=1S/C22H19BrN2O3S/c23-19-7-10-21(11-8-19)29(27,28)24-20-9-6-16-12-13-25(15-18(16)14-20)22(26)17-4-2-1-3-5-17/h1-11,14,24H,12-13,15H2. The average molecular weight is 471 g/mol. The van der Waals surface area contributed by atoms with Crippen molar-refractivity contribution in [3.8, 4) is 0 Å². The lowest BCUT2D eigenvalue weighted by Crippen LogP contribution is -2.36. The third-order valence-corrected chi connectivity index (χ3v) is 6.83. The first-order valence-electron chi connectivity index (χ1n) is 9.17. The van der Waals surface area contributed by atoms with Crippen LogP contribution in [-0.2, 0) is 23.0 Å². The van der Waals surface area contributed by atoms with Crippen LogP contribution in [0.2, 0.25) is 0 Å². The van der Waals surface area contributed by atoms with Gasteiger partial charge in [-0.25, -0.2) is 8.42 Å². The number of hydrogen-bond donors (Lipinski definition) is 1. The monoisotopic (exact) mass is 470 g/mol. The predicted octanol–water partition coefficient (Wildman–Crippen LogP) is 4.45. The molecule has 3 aromatic carbocycles. The molecule has 0 radical (unpaired) electrons. The molecule has 0 atom stereocenters. The number of hydrogen-bond acceptors (Lipinski definition) is 3. The van der Waals surface area contributed by atoms with Gasteiger partial charge in [-0.1, -0.05) is 40.2 Å². The largest absolute Gasteiger partial charge is 0.334 e. The summed E-state index contributed by atoms with van der Waals surface area (Å²) in [6.45, 7) is 1.10. The Balaban J connectivity index is 1.54. The molecule has 1 N–H and O–H groups in total. The van der Waals surface area contributed by atoms with Gasteiger partial charge in [0, 0.05) is 28.8 Å². The first kappa shape index (κ1) is 19.7. The van der Waals surface area contributed by atoms with E-state index in [-0.39, 0.29) is 10.8 Å². The number of nitrogens with one attached hydrogen (secondary N) is 1. The van der Waals surface area contributed by atoms with Crippen molar-refractivity contribution in [3.05, 3.63) is 94.0 Å². The van der Waals surface area contributed by atoms with Crippen LogP contribution in [0.3, 0.4) is 0 Å². The van der Waals surface area contributed by atoms with Gasteiger partial charge in [-0.2, -0.15) is 0 Å². The van der Waals surface area contributed by atoms with Crippen LogP contribution in [-0.4, -0.2) is 25.8 Å². The van der Waals surface area contributed by atoms with Crippen molar-refractivity contribution in [2.24, 2.45) is 0 Å². The topological polar surface area (TPSA) is 66.5 Å². The van der Waals surface area contributed by atoms with Crippen molar-refractivity contribution in [1.82, 2.24) is 4.90 Å². The number of fused-ring (bicyclic) bond motifs is 1. The van der Waals surface area contributed by atoms with Crippen molar-refractivity contribution in [1.29, 1.82) is 0 Å². The van der Waals surface area contributed by atoms with Gasteiger partial charge in [0.2, 0.25) is 0 Å². The van der Waals surface area contributed by atoms with Gasteiger partial charge >= 0.3 is 0 Å². The van der Waals surface area contributed by atoms with Gasteiger partial charge in [0.25, 0.3) is 15.9 Å². The zero-order chi connectivity index (χ0) is 20.4. The molecular weight excluding hydrogens is 452 g/mol. The number of carbonyl (C=O) groups is 1. The minimum atomic E-state index is -3.68. The smallest absolute Gasteiger partial charge is 0.261 e. The van der Waals surface area contributed by atoms with E-state index in [0.717, 1.165) is 22.0 Å². The highest BCUT2D eigenvalue weighted by atomic mass is 79.9. The second-order valence-corrected chi connectivity index (χ2v) is 9.48. The average Bonchev–Trinajstić information content (AvgIpc) is 2.73. The molecule has 1 amide bonds. The van der Waals surface area contributed by atoms with E-state index in [2.05, 4.69) is 20.7 Å². The summed E-state index contributed by atoms with van der Waals surface area (Å²) in [5, 5.41) is 0. The number of halogens is 1. The fourth-order valence-electron chi connectivity index (χ4n) is 3.39. The Morgan fingerprint density at radius 3 is 2.38 bits per heavy atom. The second-order valence-electron chi connectivity index (χ2n) is 6.89. The zero-order valence-corrected chi connectivity index (χ0v) is 17.9. The first-order chi connectivity index (χ1) is 13.9. The summed E-state index contributed by atoms with van der Waals surface area (Å²) < 4.78 is 28.7. The van der Waals surface area contributed by atoms with Crippen LogP contribution in [0.25, 0.3) is 0 Å². The van der Waals surface area contributed by atoms with Crippen LogP contribution < -0.4 is 4.72 Å². The van der Waals surface area contributed by atoms with Crippen molar-refractivity contribution < 1.29 is 13.2 Å². The van der Waals surface area contributed by atoms with E-state index in [1.54, 1.807) is 47.4 Å². The van der Waals surface area contributed by atoms with Crippen LogP contribution in [0, 0.1) is 0 Å². The Kier molecular flexibility index (Phi) is 5.43.